The lowest BCUT2D eigenvalue weighted by Gasteiger charge is -2.28. The molecule has 1 saturated heterocycles. The van der Waals surface area contributed by atoms with E-state index in [9.17, 15) is 9.90 Å². The molecule has 1 aliphatic rings. The van der Waals surface area contributed by atoms with Crippen LogP contribution >= 0.6 is 0 Å². The number of phenolic OH excluding ortho intramolecular Hbond substituents is 1. The Labute approximate surface area is 107 Å². The third-order valence-corrected chi connectivity index (χ3v) is 3.41. The number of nitrogens with one attached hydrogen (secondary N) is 2. The number of benzene rings is 1. The van der Waals surface area contributed by atoms with Crippen molar-refractivity contribution in [2.75, 3.05) is 6.54 Å². The molecule has 1 fully saturated rings. The van der Waals surface area contributed by atoms with Crippen LogP contribution in [0.3, 0.4) is 0 Å². The van der Waals surface area contributed by atoms with Gasteiger partial charge in [0.25, 0.3) is 5.91 Å². The summed E-state index contributed by atoms with van der Waals surface area (Å²) in [5.74, 6) is 0.145. The van der Waals surface area contributed by atoms with Crippen molar-refractivity contribution < 1.29 is 9.90 Å². The molecule has 0 saturated carbocycles. The average molecular weight is 248 g/mol. The normalized spacial score (nSPS) is 23.7. The van der Waals surface area contributed by atoms with E-state index in [1.165, 1.54) is 0 Å². The summed E-state index contributed by atoms with van der Waals surface area (Å²) in [6.45, 7) is 4.91. The molecule has 4 heteroatoms. The van der Waals surface area contributed by atoms with Crippen LogP contribution in [0.25, 0.3) is 0 Å². The maximum atomic E-state index is 12.1. The van der Waals surface area contributed by atoms with Crippen LogP contribution in [-0.2, 0) is 0 Å². The number of aryl methyl sites for hydroxylation is 1. The summed E-state index contributed by atoms with van der Waals surface area (Å²) >= 11 is 0. The molecular formula is C14H20N2O2. The largest absolute Gasteiger partial charge is 0.508 e. The van der Waals surface area contributed by atoms with E-state index in [1.807, 2.05) is 6.92 Å². The summed E-state index contributed by atoms with van der Waals surface area (Å²) in [6.07, 6.45) is 1.93. The minimum Gasteiger partial charge on any atom is -0.508 e. The van der Waals surface area contributed by atoms with Gasteiger partial charge in [0.15, 0.2) is 0 Å². The molecule has 2 unspecified atom stereocenters. The fraction of sp³-hybridized carbons (Fsp3) is 0.500. The van der Waals surface area contributed by atoms with Crippen LogP contribution in [-0.4, -0.2) is 29.6 Å². The van der Waals surface area contributed by atoms with Crippen LogP contribution in [0.4, 0.5) is 0 Å². The molecule has 1 aromatic carbocycles. The number of phenols is 1. The molecule has 1 heterocycles. The first kappa shape index (κ1) is 12.9. The van der Waals surface area contributed by atoms with Gasteiger partial charge in [-0.25, -0.2) is 0 Å². The van der Waals surface area contributed by atoms with E-state index < -0.39 is 0 Å². The fourth-order valence-corrected chi connectivity index (χ4v) is 2.43. The Balaban J connectivity index is 2.03. The number of carbonyl (C=O) groups excluding carboxylic acids is 1. The Morgan fingerprint density at radius 1 is 1.50 bits per heavy atom. The number of piperidine rings is 1. The van der Waals surface area contributed by atoms with Gasteiger partial charge in [0.1, 0.15) is 5.75 Å². The Hall–Kier alpha value is -1.55. The molecule has 1 amide bonds. The molecule has 98 valence electrons. The molecule has 0 spiro atoms. The molecule has 2 rings (SSSR count). The zero-order valence-electron chi connectivity index (χ0n) is 10.9. The average Bonchev–Trinajstić information content (AvgIpc) is 2.28. The predicted octanol–water partition coefficient (Wildman–Crippen LogP) is 1.57. The fourth-order valence-electron chi connectivity index (χ4n) is 2.43. The molecule has 4 nitrogen and oxygen atoms in total. The van der Waals surface area contributed by atoms with E-state index in [1.54, 1.807) is 18.2 Å². The smallest absolute Gasteiger partial charge is 0.251 e. The van der Waals surface area contributed by atoms with Gasteiger partial charge in [0.2, 0.25) is 0 Å². The van der Waals surface area contributed by atoms with Crippen LogP contribution in [0.5, 0.6) is 5.75 Å². The minimum absolute atomic E-state index is 0.0494. The number of rotatable bonds is 2. The Morgan fingerprint density at radius 3 is 2.94 bits per heavy atom. The Kier molecular flexibility index (Phi) is 3.87. The zero-order chi connectivity index (χ0) is 13.1. The highest BCUT2D eigenvalue weighted by atomic mass is 16.3. The molecule has 1 aliphatic heterocycles. The number of carbonyl (C=O) groups is 1. The monoisotopic (exact) mass is 248 g/mol. The number of hydrogen-bond acceptors (Lipinski definition) is 3. The second-order valence-electron chi connectivity index (χ2n) is 5.05. The minimum atomic E-state index is -0.0494. The molecule has 18 heavy (non-hydrogen) atoms. The third kappa shape index (κ3) is 3.01. The molecule has 0 bridgehead atoms. The second-order valence-corrected chi connectivity index (χ2v) is 5.05. The van der Waals surface area contributed by atoms with Gasteiger partial charge in [-0.15, -0.1) is 0 Å². The van der Waals surface area contributed by atoms with Crippen LogP contribution < -0.4 is 10.6 Å². The van der Waals surface area contributed by atoms with Crippen LogP contribution in [0.1, 0.15) is 35.7 Å². The van der Waals surface area contributed by atoms with Crippen molar-refractivity contribution in [2.45, 2.75) is 38.8 Å². The van der Waals surface area contributed by atoms with Gasteiger partial charge in [0.05, 0.1) is 0 Å². The summed E-state index contributed by atoms with van der Waals surface area (Å²) < 4.78 is 0. The predicted molar refractivity (Wildman–Crippen MR) is 70.8 cm³/mol. The molecule has 0 aliphatic carbocycles. The number of hydrogen-bond donors (Lipinski definition) is 3. The van der Waals surface area contributed by atoms with E-state index in [0.717, 1.165) is 24.9 Å². The summed E-state index contributed by atoms with van der Waals surface area (Å²) in [4.78, 5) is 12.1. The highest BCUT2D eigenvalue weighted by Crippen LogP contribution is 2.16. The lowest BCUT2D eigenvalue weighted by atomic mass is 9.99. The summed E-state index contributed by atoms with van der Waals surface area (Å²) in [5.41, 5.74) is 1.44. The van der Waals surface area contributed by atoms with Crippen molar-refractivity contribution in [1.29, 1.82) is 0 Å². The zero-order valence-corrected chi connectivity index (χ0v) is 10.9. The SMILES string of the molecule is Cc1cc(O)ccc1C(=O)NC1CCNC(C)C1. The van der Waals surface area contributed by atoms with Gasteiger partial charge >= 0.3 is 0 Å². The van der Waals surface area contributed by atoms with Crippen molar-refractivity contribution in [1.82, 2.24) is 10.6 Å². The maximum absolute atomic E-state index is 12.1. The van der Waals surface area contributed by atoms with Crippen molar-refractivity contribution in [3.8, 4) is 5.75 Å². The maximum Gasteiger partial charge on any atom is 0.251 e. The molecule has 0 aromatic heterocycles. The number of aromatic hydroxyl groups is 1. The van der Waals surface area contributed by atoms with Crippen LogP contribution in [0.2, 0.25) is 0 Å². The van der Waals surface area contributed by atoms with E-state index in [0.29, 0.717) is 11.6 Å². The highest BCUT2D eigenvalue weighted by molar-refractivity contribution is 5.96. The van der Waals surface area contributed by atoms with Crippen LogP contribution in [0.15, 0.2) is 18.2 Å². The van der Waals surface area contributed by atoms with Gasteiger partial charge in [-0.2, -0.15) is 0 Å². The first-order valence-electron chi connectivity index (χ1n) is 6.40. The lowest BCUT2D eigenvalue weighted by molar-refractivity contribution is 0.0925. The Bertz CT molecular complexity index is 445. The lowest BCUT2D eigenvalue weighted by Crippen LogP contribution is -2.46. The molecule has 1 aromatic rings. The molecule has 2 atom stereocenters. The topological polar surface area (TPSA) is 61.4 Å². The van der Waals surface area contributed by atoms with Gasteiger partial charge in [-0.1, -0.05) is 0 Å². The van der Waals surface area contributed by atoms with Gasteiger partial charge in [0, 0.05) is 17.6 Å². The third-order valence-electron chi connectivity index (χ3n) is 3.41. The highest BCUT2D eigenvalue weighted by Gasteiger charge is 2.21. The summed E-state index contributed by atoms with van der Waals surface area (Å²) in [6, 6.07) is 5.52. The Morgan fingerprint density at radius 2 is 2.28 bits per heavy atom. The van der Waals surface area contributed by atoms with Crippen molar-refractivity contribution in [3.05, 3.63) is 29.3 Å². The molecule has 0 radical (unpaired) electrons. The number of amides is 1. The van der Waals surface area contributed by atoms with E-state index >= 15 is 0 Å². The van der Waals surface area contributed by atoms with E-state index in [2.05, 4.69) is 17.6 Å². The van der Waals surface area contributed by atoms with Crippen LogP contribution in [0, 0.1) is 6.92 Å². The van der Waals surface area contributed by atoms with Crippen molar-refractivity contribution in [3.63, 3.8) is 0 Å². The van der Waals surface area contributed by atoms with Gasteiger partial charge in [-0.05, 0) is 57.0 Å². The standard InChI is InChI=1S/C14H20N2O2/c1-9-7-12(17)3-4-13(9)14(18)16-11-5-6-15-10(2)8-11/h3-4,7,10-11,15,17H,5-6,8H2,1-2H3,(H,16,18). The van der Waals surface area contributed by atoms with Gasteiger partial charge < -0.3 is 15.7 Å². The molecule has 3 N–H and O–H groups in total. The first-order chi connectivity index (χ1) is 8.56. The summed E-state index contributed by atoms with van der Waals surface area (Å²) in [5, 5.41) is 15.8. The van der Waals surface area contributed by atoms with E-state index in [4.69, 9.17) is 0 Å². The first-order valence-corrected chi connectivity index (χ1v) is 6.40. The van der Waals surface area contributed by atoms with E-state index in [-0.39, 0.29) is 17.7 Å². The quantitative estimate of drug-likeness (QED) is 0.744. The van der Waals surface area contributed by atoms with Gasteiger partial charge in [-0.3, -0.25) is 4.79 Å². The summed E-state index contributed by atoms with van der Waals surface area (Å²) in [7, 11) is 0. The second kappa shape index (κ2) is 5.40. The van der Waals surface area contributed by atoms with Crippen molar-refractivity contribution in [2.24, 2.45) is 0 Å². The van der Waals surface area contributed by atoms with Crippen molar-refractivity contribution >= 4 is 5.91 Å². The molecular weight excluding hydrogens is 228 g/mol.